The molecule has 2 aromatic carbocycles. The minimum absolute atomic E-state index is 0.161. The first-order valence-corrected chi connectivity index (χ1v) is 7.06. The van der Waals surface area contributed by atoms with Crippen molar-refractivity contribution in [3.63, 3.8) is 0 Å². The van der Waals surface area contributed by atoms with Crippen LogP contribution in [0.1, 0.15) is 26.3 Å². The van der Waals surface area contributed by atoms with Gasteiger partial charge in [-0.25, -0.2) is 4.98 Å². The van der Waals surface area contributed by atoms with E-state index in [9.17, 15) is 0 Å². The van der Waals surface area contributed by atoms with Crippen LogP contribution in [0.2, 0.25) is 0 Å². The van der Waals surface area contributed by atoms with E-state index in [1.54, 1.807) is 0 Å². The maximum atomic E-state index is 3.39. The predicted octanol–water partition coefficient (Wildman–Crippen LogP) is 4.62. The molecule has 0 fully saturated rings. The normalized spacial score (nSPS) is 11.8. The molecule has 0 unspecified atom stereocenters. The van der Waals surface area contributed by atoms with Gasteiger partial charge in [0.2, 0.25) is 5.69 Å². The predicted molar refractivity (Wildman–Crippen MR) is 84.6 cm³/mol. The number of aromatic amines is 1. The zero-order chi connectivity index (χ0) is 14.2. The molecular formula is C19H20N+. The van der Waals surface area contributed by atoms with Crippen LogP contribution in [0.3, 0.4) is 0 Å². The maximum Gasteiger partial charge on any atom is 0.211 e. The fourth-order valence-corrected chi connectivity index (χ4v) is 2.55. The summed E-state index contributed by atoms with van der Waals surface area (Å²) in [6, 6.07) is 19.4. The third kappa shape index (κ3) is 2.32. The molecule has 3 rings (SSSR count). The van der Waals surface area contributed by atoms with Crippen LogP contribution in [0, 0.1) is 0 Å². The number of benzene rings is 2. The van der Waals surface area contributed by atoms with Gasteiger partial charge >= 0.3 is 0 Å². The van der Waals surface area contributed by atoms with Crippen molar-refractivity contribution in [2.45, 2.75) is 26.2 Å². The molecule has 1 aromatic heterocycles. The summed E-state index contributed by atoms with van der Waals surface area (Å²) >= 11 is 0. The Morgan fingerprint density at radius 2 is 1.60 bits per heavy atom. The van der Waals surface area contributed by atoms with Crippen LogP contribution in [-0.2, 0) is 5.41 Å². The van der Waals surface area contributed by atoms with Crippen molar-refractivity contribution in [3.05, 3.63) is 66.4 Å². The van der Waals surface area contributed by atoms with Crippen molar-refractivity contribution in [3.8, 4) is 11.3 Å². The van der Waals surface area contributed by atoms with Crippen molar-refractivity contribution in [1.29, 1.82) is 0 Å². The highest BCUT2D eigenvalue weighted by Gasteiger charge is 2.17. The van der Waals surface area contributed by atoms with Crippen LogP contribution >= 0.6 is 0 Å². The van der Waals surface area contributed by atoms with Gasteiger partial charge in [0.25, 0.3) is 0 Å². The van der Waals surface area contributed by atoms with Crippen molar-refractivity contribution >= 4 is 10.8 Å². The van der Waals surface area contributed by atoms with E-state index in [-0.39, 0.29) is 5.41 Å². The first kappa shape index (κ1) is 12.9. The van der Waals surface area contributed by atoms with Crippen molar-refractivity contribution < 1.29 is 4.98 Å². The highest BCUT2D eigenvalue weighted by atomic mass is 14.7. The van der Waals surface area contributed by atoms with Gasteiger partial charge in [0.15, 0.2) is 6.20 Å². The zero-order valence-corrected chi connectivity index (χ0v) is 12.3. The van der Waals surface area contributed by atoms with E-state index < -0.39 is 0 Å². The van der Waals surface area contributed by atoms with Gasteiger partial charge in [0.05, 0.1) is 5.56 Å². The van der Waals surface area contributed by atoms with Gasteiger partial charge in [-0.3, -0.25) is 0 Å². The molecule has 20 heavy (non-hydrogen) atoms. The molecule has 0 amide bonds. The fraction of sp³-hybridized carbons (Fsp3) is 0.211. The Morgan fingerprint density at radius 3 is 2.40 bits per heavy atom. The molecular weight excluding hydrogens is 242 g/mol. The van der Waals surface area contributed by atoms with Gasteiger partial charge in [-0.15, -0.1) is 0 Å². The lowest BCUT2D eigenvalue weighted by atomic mass is 9.86. The molecule has 0 aliphatic heterocycles. The Morgan fingerprint density at radius 1 is 0.850 bits per heavy atom. The minimum atomic E-state index is 0.161. The van der Waals surface area contributed by atoms with E-state index in [0.29, 0.717) is 0 Å². The van der Waals surface area contributed by atoms with Crippen LogP contribution in [0.15, 0.2) is 60.8 Å². The number of fused-ring (bicyclic) bond motifs is 1. The summed E-state index contributed by atoms with van der Waals surface area (Å²) in [5, 5.41) is 2.57. The Bertz CT molecular complexity index is 746. The molecule has 100 valence electrons. The quantitative estimate of drug-likeness (QED) is 0.607. The summed E-state index contributed by atoms with van der Waals surface area (Å²) in [6.45, 7) is 6.74. The fourth-order valence-electron chi connectivity index (χ4n) is 2.55. The van der Waals surface area contributed by atoms with Gasteiger partial charge < -0.3 is 0 Å². The van der Waals surface area contributed by atoms with Crippen LogP contribution in [0.5, 0.6) is 0 Å². The largest absolute Gasteiger partial charge is 0.211 e. The van der Waals surface area contributed by atoms with Crippen molar-refractivity contribution in [2.24, 2.45) is 0 Å². The summed E-state index contributed by atoms with van der Waals surface area (Å²) in [5.41, 5.74) is 3.94. The second-order valence-electron chi connectivity index (χ2n) is 6.27. The SMILES string of the molecule is CC(C)(C)c1cc[nH+]c(-c2cccc3ccccc23)c1. The van der Waals surface area contributed by atoms with E-state index in [0.717, 1.165) is 0 Å². The van der Waals surface area contributed by atoms with E-state index in [1.165, 1.54) is 27.6 Å². The molecule has 0 bridgehead atoms. The topological polar surface area (TPSA) is 14.1 Å². The van der Waals surface area contributed by atoms with E-state index in [2.05, 4.69) is 80.4 Å². The maximum absolute atomic E-state index is 3.39. The Balaban J connectivity index is 2.21. The lowest BCUT2D eigenvalue weighted by molar-refractivity contribution is -0.364. The molecule has 0 saturated carbocycles. The molecule has 0 atom stereocenters. The lowest BCUT2D eigenvalue weighted by Crippen LogP contribution is -2.15. The average Bonchev–Trinajstić information content (AvgIpc) is 2.46. The first-order chi connectivity index (χ1) is 9.55. The van der Waals surface area contributed by atoms with Gasteiger partial charge in [-0.1, -0.05) is 57.2 Å². The van der Waals surface area contributed by atoms with E-state index in [4.69, 9.17) is 0 Å². The van der Waals surface area contributed by atoms with Crippen LogP contribution in [-0.4, -0.2) is 0 Å². The van der Waals surface area contributed by atoms with Crippen LogP contribution < -0.4 is 4.98 Å². The average molecular weight is 262 g/mol. The van der Waals surface area contributed by atoms with Gasteiger partial charge in [0, 0.05) is 12.1 Å². The van der Waals surface area contributed by atoms with Crippen LogP contribution in [0.4, 0.5) is 0 Å². The summed E-state index contributed by atoms with van der Waals surface area (Å²) in [4.78, 5) is 3.39. The number of hydrogen-bond acceptors (Lipinski definition) is 0. The summed E-state index contributed by atoms with van der Waals surface area (Å²) in [6.07, 6.45) is 2.04. The standard InChI is InChI=1S/C19H19N/c1-19(2,3)15-11-12-20-18(13-15)17-10-6-8-14-7-4-5-9-16(14)17/h4-13H,1-3H3/p+1. The Kier molecular flexibility index (Phi) is 3.06. The van der Waals surface area contributed by atoms with E-state index in [1.807, 2.05) is 6.20 Å². The van der Waals surface area contributed by atoms with Gasteiger partial charge in [-0.2, -0.15) is 0 Å². The Hall–Kier alpha value is -2.15. The molecule has 1 heteroatoms. The molecule has 0 spiro atoms. The molecule has 1 N–H and O–H groups in total. The zero-order valence-electron chi connectivity index (χ0n) is 12.3. The van der Waals surface area contributed by atoms with Gasteiger partial charge in [0.1, 0.15) is 0 Å². The lowest BCUT2D eigenvalue weighted by Gasteiger charge is -2.18. The number of aromatic nitrogens is 1. The second kappa shape index (κ2) is 4.75. The van der Waals surface area contributed by atoms with Gasteiger partial charge in [-0.05, 0) is 27.8 Å². The summed E-state index contributed by atoms with van der Waals surface area (Å²) in [7, 11) is 0. The number of pyridine rings is 1. The molecule has 1 heterocycles. The Labute approximate surface area is 120 Å². The van der Waals surface area contributed by atoms with Crippen molar-refractivity contribution in [1.82, 2.24) is 0 Å². The van der Waals surface area contributed by atoms with E-state index >= 15 is 0 Å². The molecule has 0 radical (unpaired) electrons. The molecule has 0 aliphatic rings. The monoisotopic (exact) mass is 262 g/mol. The summed E-state index contributed by atoms with van der Waals surface area (Å²) in [5.74, 6) is 0. The minimum Gasteiger partial charge on any atom is -0.211 e. The third-order valence-electron chi connectivity index (χ3n) is 3.75. The summed E-state index contributed by atoms with van der Waals surface area (Å²) < 4.78 is 0. The first-order valence-electron chi connectivity index (χ1n) is 7.06. The van der Waals surface area contributed by atoms with Crippen LogP contribution in [0.25, 0.3) is 22.0 Å². The molecule has 0 aliphatic carbocycles. The highest BCUT2D eigenvalue weighted by Crippen LogP contribution is 2.29. The molecule has 3 aromatic rings. The van der Waals surface area contributed by atoms with Crippen molar-refractivity contribution in [2.75, 3.05) is 0 Å². The number of hydrogen-bond donors (Lipinski definition) is 0. The molecule has 1 nitrogen and oxygen atoms in total. The molecule has 0 saturated heterocycles. The number of H-pyrrole nitrogens is 1. The number of rotatable bonds is 1. The highest BCUT2D eigenvalue weighted by molar-refractivity contribution is 5.95. The third-order valence-corrected chi connectivity index (χ3v) is 3.75. The smallest absolute Gasteiger partial charge is 0.211 e. The number of nitrogens with one attached hydrogen (secondary N) is 1. The second-order valence-corrected chi connectivity index (χ2v) is 6.27.